The first kappa shape index (κ1) is 17.2. The molecule has 0 saturated heterocycles. The highest BCUT2D eigenvalue weighted by Crippen LogP contribution is 2.33. The van der Waals surface area contributed by atoms with Gasteiger partial charge in [0.15, 0.2) is 11.5 Å². The Balaban J connectivity index is 1.87. The second-order valence-corrected chi connectivity index (χ2v) is 6.88. The van der Waals surface area contributed by atoms with Crippen molar-refractivity contribution in [3.05, 3.63) is 57.6 Å². The lowest BCUT2D eigenvalue weighted by molar-refractivity contribution is 0.0982. The third kappa shape index (κ3) is 4.42. The van der Waals surface area contributed by atoms with Crippen LogP contribution in [0.5, 0.6) is 5.75 Å². The minimum atomic E-state index is -0.185. The first-order valence-corrected chi connectivity index (χ1v) is 8.63. The Hall–Kier alpha value is -1.16. The number of hydrogen-bond donors (Lipinski definition) is 1. The summed E-state index contributed by atoms with van der Waals surface area (Å²) in [6, 6.07) is 11.1. The second-order valence-electron chi connectivity index (χ2n) is 4.93. The molecule has 0 spiro atoms. The Morgan fingerprint density at radius 1 is 1.18 bits per heavy atom. The number of phenolic OH excluding ortho intramolecular Hbond substituents is 1. The van der Waals surface area contributed by atoms with Crippen molar-refractivity contribution < 1.29 is 9.90 Å². The van der Waals surface area contributed by atoms with Crippen LogP contribution in [0.1, 0.15) is 28.8 Å². The van der Waals surface area contributed by atoms with Crippen LogP contribution >= 0.6 is 35.0 Å². The predicted molar refractivity (Wildman–Crippen MR) is 93.6 cm³/mol. The van der Waals surface area contributed by atoms with E-state index in [1.54, 1.807) is 11.8 Å². The summed E-state index contributed by atoms with van der Waals surface area (Å²) in [6.07, 6.45) is 1.20. The van der Waals surface area contributed by atoms with Gasteiger partial charge in [0, 0.05) is 16.9 Å². The molecule has 0 amide bonds. The third-order valence-corrected chi connectivity index (χ3v) is 5.08. The number of carbonyl (C=O) groups is 1. The average Bonchev–Trinajstić information content (AvgIpc) is 2.50. The Bertz CT molecular complexity index is 663. The number of Topliss-reactive ketones (excluding diaryl/α,β-unsaturated/α-hetero) is 1. The minimum absolute atomic E-state index is 0.0193. The minimum Gasteiger partial charge on any atom is -0.505 e. The molecule has 0 aromatic heterocycles. The maximum absolute atomic E-state index is 12.1. The van der Waals surface area contributed by atoms with E-state index in [0.29, 0.717) is 12.0 Å². The number of halogens is 2. The van der Waals surface area contributed by atoms with Crippen molar-refractivity contribution in [1.82, 2.24) is 0 Å². The number of aryl methyl sites for hydroxylation is 1. The summed E-state index contributed by atoms with van der Waals surface area (Å²) in [7, 11) is 0. The standard InChI is InChI=1S/C17H16Cl2O2S/c1-11-5-2-3-7-16(11)22-8-4-6-15(20)12-9-13(18)17(21)14(19)10-12/h2-3,5,7,9-10,21H,4,6,8H2,1H3. The SMILES string of the molecule is Cc1ccccc1SCCCC(=O)c1cc(Cl)c(O)c(Cl)c1. The Morgan fingerprint density at radius 2 is 1.82 bits per heavy atom. The van der Waals surface area contributed by atoms with E-state index in [4.69, 9.17) is 23.2 Å². The fourth-order valence-electron chi connectivity index (χ4n) is 2.00. The lowest BCUT2D eigenvalue weighted by atomic mass is 10.1. The Labute approximate surface area is 144 Å². The van der Waals surface area contributed by atoms with Gasteiger partial charge in [-0.3, -0.25) is 4.79 Å². The van der Waals surface area contributed by atoms with E-state index in [0.717, 1.165) is 12.2 Å². The number of ketones is 1. The number of benzene rings is 2. The molecule has 0 unspecified atom stereocenters. The Kier molecular flexibility index (Phi) is 6.18. The van der Waals surface area contributed by atoms with Crippen LogP contribution in [0.3, 0.4) is 0 Å². The fourth-order valence-corrected chi connectivity index (χ4v) is 3.47. The summed E-state index contributed by atoms with van der Waals surface area (Å²) in [6.45, 7) is 2.08. The lowest BCUT2D eigenvalue weighted by Gasteiger charge is -2.06. The molecule has 2 nitrogen and oxygen atoms in total. The maximum Gasteiger partial charge on any atom is 0.163 e. The molecule has 0 aliphatic carbocycles. The van der Waals surface area contributed by atoms with Crippen molar-refractivity contribution in [3.63, 3.8) is 0 Å². The molecule has 0 bridgehead atoms. The second kappa shape index (κ2) is 7.91. The van der Waals surface area contributed by atoms with Gasteiger partial charge in [-0.25, -0.2) is 0 Å². The highest BCUT2D eigenvalue weighted by molar-refractivity contribution is 7.99. The van der Waals surface area contributed by atoms with Gasteiger partial charge >= 0.3 is 0 Å². The van der Waals surface area contributed by atoms with Crippen LogP contribution in [0.4, 0.5) is 0 Å². The zero-order valence-electron chi connectivity index (χ0n) is 12.1. The zero-order valence-corrected chi connectivity index (χ0v) is 14.4. The molecule has 5 heteroatoms. The highest BCUT2D eigenvalue weighted by Gasteiger charge is 2.12. The predicted octanol–water partition coefficient (Wildman–Crippen LogP) is 5.76. The molecule has 0 aliphatic heterocycles. The number of thioether (sulfide) groups is 1. The smallest absolute Gasteiger partial charge is 0.163 e. The van der Waals surface area contributed by atoms with Gasteiger partial charge in [0.2, 0.25) is 0 Å². The largest absolute Gasteiger partial charge is 0.505 e. The molecule has 0 saturated carbocycles. The molecular weight excluding hydrogens is 339 g/mol. The molecule has 0 heterocycles. The van der Waals surface area contributed by atoms with Crippen LogP contribution in [-0.4, -0.2) is 16.6 Å². The number of hydrogen-bond acceptors (Lipinski definition) is 3. The van der Waals surface area contributed by atoms with E-state index < -0.39 is 0 Å². The summed E-state index contributed by atoms with van der Waals surface area (Å²) in [5, 5.41) is 9.70. The third-order valence-electron chi connectivity index (χ3n) is 3.24. The molecule has 22 heavy (non-hydrogen) atoms. The quantitative estimate of drug-likeness (QED) is 0.406. The number of aromatic hydroxyl groups is 1. The number of carbonyl (C=O) groups excluding carboxylic acids is 1. The molecule has 0 radical (unpaired) electrons. The van der Waals surface area contributed by atoms with Gasteiger partial charge in [-0.15, -0.1) is 11.8 Å². The molecule has 2 aromatic carbocycles. The van der Waals surface area contributed by atoms with Gasteiger partial charge in [0.05, 0.1) is 10.0 Å². The molecular formula is C17H16Cl2O2S. The summed E-state index contributed by atoms with van der Waals surface area (Å²) in [5.41, 5.74) is 1.68. The van der Waals surface area contributed by atoms with Crippen molar-refractivity contribution in [3.8, 4) is 5.75 Å². The van der Waals surface area contributed by atoms with Gasteiger partial charge in [-0.2, -0.15) is 0 Å². The maximum atomic E-state index is 12.1. The number of phenols is 1. The highest BCUT2D eigenvalue weighted by atomic mass is 35.5. The first-order chi connectivity index (χ1) is 10.5. The number of rotatable bonds is 6. The zero-order chi connectivity index (χ0) is 16.1. The summed E-state index contributed by atoms with van der Waals surface area (Å²) < 4.78 is 0. The normalized spacial score (nSPS) is 10.7. The first-order valence-electron chi connectivity index (χ1n) is 6.88. The molecule has 0 fully saturated rings. The monoisotopic (exact) mass is 354 g/mol. The topological polar surface area (TPSA) is 37.3 Å². The van der Waals surface area contributed by atoms with Gasteiger partial charge in [0.1, 0.15) is 0 Å². The van der Waals surface area contributed by atoms with Gasteiger partial charge < -0.3 is 5.11 Å². The van der Waals surface area contributed by atoms with E-state index in [1.165, 1.54) is 22.6 Å². The van der Waals surface area contributed by atoms with Gasteiger partial charge in [-0.05, 0) is 42.9 Å². The average molecular weight is 355 g/mol. The van der Waals surface area contributed by atoms with Crippen LogP contribution in [0, 0.1) is 6.92 Å². The van der Waals surface area contributed by atoms with Crippen molar-refractivity contribution in [2.24, 2.45) is 0 Å². The molecule has 1 N–H and O–H groups in total. The molecule has 0 atom stereocenters. The van der Waals surface area contributed by atoms with Crippen LogP contribution in [0.2, 0.25) is 10.0 Å². The van der Waals surface area contributed by atoms with E-state index in [1.807, 2.05) is 12.1 Å². The Morgan fingerprint density at radius 3 is 2.45 bits per heavy atom. The molecule has 0 aliphatic rings. The molecule has 116 valence electrons. The molecule has 2 rings (SSSR count). The van der Waals surface area contributed by atoms with Crippen LogP contribution in [0.15, 0.2) is 41.3 Å². The van der Waals surface area contributed by atoms with E-state index in [2.05, 4.69) is 19.1 Å². The summed E-state index contributed by atoms with van der Waals surface area (Å²) in [4.78, 5) is 13.4. The summed E-state index contributed by atoms with van der Waals surface area (Å²) >= 11 is 13.4. The van der Waals surface area contributed by atoms with Crippen LogP contribution in [-0.2, 0) is 0 Å². The fraction of sp³-hybridized carbons (Fsp3) is 0.235. The van der Waals surface area contributed by atoms with Crippen molar-refractivity contribution in [2.45, 2.75) is 24.7 Å². The van der Waals surface area contributed by atoms with Crippen molar-refractivity contribution >= 4 is 40.7 Å². The van der Waals surface area contributed by atoms with E-state index in [9.17, 15) is 9.90 Å². The van der Waals surface area contributed by atoms with Gasteiger partial charge in [-0.1, -0.05) is 41.4 Å². The molecule has 2 aromatic rings. The van der Waals surface area contributed by atoms with Crippen LogP contribution in [0.25, 0.3) is 0 Å². The van der Waals surface area contributed by atoms with Gasteiger partial charge in [0.25, 0.3) is 0 Å². The van der Waals surface area contributed by atoms with Crippen molar-refractivity contribution in [2.75, 3.05) is 5.75 Å². The van der Waals surface area contributed by atoms with Crippen molar-refractivity contribution in [1.29, 1.82) is 0 Å². The summed E-state index contributed by atoms with van der Waals surface area (Å²) in [5.74, 6) is 0.667. The van der Waals surface area contributed by atoms with E-state index >= 15 is 0 Å². The lowest BCUT2D eigenvalue weighted by Crippen LogP contribution is -2.00. The van der Waals surface area contributed by atoms with E-state index in [-0.39, 0.29) is 21.6 Å². The van der Waals surface area contributed by atoms with Crippen LogP contribution < -0.4 is 0 Å².